The molecule has 0 bridgehead atoms. The molecule has 0 aliphatic carbocycles. The van der Waals surface area contributed by atoms with E-state index < -0.39 is 5.91 Å². The van der Waals surface area contributed by atoms with Crippen molar-refractivity contribution in [2.45, 2.75) is 0 Å². The van der Waals surface area contributed by atoms with Crippen molar-refractivity contribution in [2.24, 2.45) is 5.73 Å². The highest BCUT2D eigenvalue weighted by Gasteiger charge is 2.16. The minimum atomic E-state index is -0.643. The van der Waals surface area contributed by atoms with E-state index in [4.69, 9.17) is 27.8 Å². The normalized spacial score (nSPS) is 10.2. The number of rotatable bonds is 3. The highest BCUT2D eigenvalue weighted by atomic mass is 127. The van der Waals surface area contributed by atoms with E-state index in [-0.39, 0.29) is 16.3 Å². The van der Waals surface area contributed by atoms with Gasteiger partial charge in [0.1, 0.15) is 5.75 Å². The van der Waals surface area contributed by atoms with Crippen molar-refractivity contribution < 1.29 is 9.53 Å². The molecule has 0 aliphatic heterocycles. The van der Waals surface area contributed by atoms with Gasteiger partial charge in [0.2, 0.25) is 0 Å². The molecular weight excluding hydrogens is 379 g/mol. The second-order valence-corrected chi connectivity index (χ2v) is 5.35. The third-order valence-electron chi connectivity index (χ3n) is 2.38. The van der Waals surface area contributed by atoms with Gasteiger partial charge >= 0.3 is 0 Å². The van der Waals surface area contributed by atoms with Crippen LogP contribution in [0.1, 0.15) is 10.4 Å². The number of nitrogens with two attached hydrogens (primary N) is 2. The molecule has 0 spiro atoms. The zero-order chi connectivity index (χ0) is 14.0. The van der Waals surface area contributed by atoms with E-state index in [0.29, 0.717) is 11.4 Å². The van der Waals surface area contributed by atoms with Crippen LogP contribution in [-0.4, -0.2) is 5.91 Å². The molecule has 0 atom stereocenters. The number of benzene rings is 2. The number of anilines is 1. The van der Waals surface area contributed by atoms with Crippen molar-refractivity contribution in [1.29, 1.82) is 0 Å². The van der Waals surface area contributed by atoms with E-state index in [1.807, 2.05) is 18.2 Å². The van der Waals surface area contributed by atoms with Crippen molar-refractivity contribution >= 4 is 45.8 Å². The number of para-hydroxylation sites is 1. The van der Waals surface area contributed by atoms with Gasteiger partial charge in [0.15, 0.2) is 5.75 Å². The van der Waals surface area contributed by atoms with E-state index in [0.717, 1.165) is 3.57 Å². The molecule has 19 heavy (non-hydrogen) atoms. The Morgan fingerprint density at radius 3 is 2.58 bits per heavy atom. The number of hydrogen-bond donors (Lipinski definition) is 2. The van der Waals surface area contributed by atoms with Gasteiger partial charge in [0, 0.05) is 5.69 Å². The number of nitrogen functional groups attached to an aromatic ring is 1. The van der Waals surface area contributed by atoms with E-state index in [1.165, 1.54) is 12.1 Å². The van der Waals surface area contributed by atoms with Crippen molar-refractivity contribution in [3.8, 4) is 11.5 Å². The first-order chi connectivity index (χ1) is 8.99. The summed E-state index contributed by atoms with van der Waals surface area (Å²) in [6.45, 7) is 0. The summed E-state index contributed by atoms with van der Waals surface area (Å²) in [4.78, 5) is 11.4. The largest absolute Gasteiger partial charge is 0.454 e. The molecule has 0 saturated heterocycles. The SMILES string of the molecule is NC(=O)c1cc(N)cc(Cl)c1Oc1ccccc1I. The first kappa shape index (κ1) is 14.0. The quantitative estimate of drug-likeness (QED) is 0.625. The minimum absolute atomic E-state index is 0.157. The van der Waals surface area contributed by atoms with Gasteiger partial charge in [-0.05, 0) is 46.9 Å². The molecule has 0 fully saturated rings. The van der Waals surface area contributed by atoms with Crippen LogP contribution in [0.2, 0.25) is 5.02 Å². The lowest BCUT2D eigenvalue weighted by Gasteiger charge is -2.13. The van der Waals surface area contributed by atoms with Gasteiger partial charge in [-0.15, -0.1) is 0 Å². The summed E-state index contributed by atoms with van der Waals surface area (Å²) in [6.07, 6.45) is 0. The van der Waals surface area contributed by atoms with E-state index in [2.05, 4.69) is 22.6 Å². The van der Waals surface area contributed by atoms with Crippen LogP contribution < -0.4 is 16.2 Å². The summed E-state index contributed by atoms with van der Waals surface area (Å²) >= 11 is 8.19. The Bertz CT molecular complexity index is 647. The smallest absolute Gasteiger partial charge is 0.252 e. The molecule has 6 heteroatoms. The Morgan fingerprint density at radius 2 is 1.95 bits per heavy atom. The maximum atomic E-state index is 11.4. The van der Waals surface area contributed by atoms with Gasteiger partial charge in [-0.2, -0.15) is 0 Å². The van der Waals surface area contributed by atoms with Crippen LogP contribution in [0, 0.1) is 3.57 Å². The Morgan fingerprint density at radius 1 is 1.26 bits per heavy atom. The molecule has 4 nitrogen and oxygen atoms in total. The second kappa shape index (κ2) is 5.66. The minimum Gasteiger partial charge on any atom is -0.454 e. The number of amides is 1. The summed E-state index contributed by atoms with van der Waals surface area (Å²) in [5, 5.41) is 0.244. The van der Waals surface area contributed by atoms with Gasteiger partial charge in [-0.1, -0.05) is 23.7 Å². The fourth-order valence-corrected chi connectivity index (χ4v) is 2.30. The average molecular weight is 389 g/mol. The van der Waals surface area contributed by atoms with E-state index in [1.54, 1.807) is 6.07 Å². The summed E-state index contributed by atoms with van der Waals surface area (Å²) in [5.41, 5.74) is 11.5. The Kier molecular flexibility index (Phi) is 4.16. The molecule has 2 aromatic carbocycles. The predicted octanol–water partition coefficient (Wildman–Crippen LogP) is 3.42. The Labute approximate surface area is 128 Å². The van der Waals surface area contributed by atoms with Crippen LogP contribution in [-0.2, 0) is 0 Å². The molecular formula is C13H10ClIN2O2. The Balaban J connectivity index is 2.51. The highest BCUT2D eigenvalue weighted by molar-refractivity contribution is 14.1. The van der Waals surface area contributed by atoms with Gasteiger partial charge in [0.05, 0.1) is 14.2 Å². The molecule has 4 N–H and O–H groups in total. The maximum Gasteiger partial charge on any atom is 0.252 e. The number of hydrogen-bond acceptors (Lipinski definition) is 3. The maximum absolute atomic E-state index is 11.4. The number of carbonyl (C=O) groups is 1. The number of primary amides is 1. The van der Waals surface area contributed by atoms with Crippen LogP contribution in [0.25, 0.3) is 0 Å². The molecule has 0 aliphatic rings. The monoisotopic (exact) mass is 388 g/mol. The molecule has 98 valence electrons. The summed E-state index contributed by atoms with van der Waals surface area (Å²) in [6, 6.07) is 10.3. The summed E-state index contributed by atoms with van der Waals surface area (Å²) in [5.74, 6) is 0.167. The molecule has 0 radical (unpaired) electrons. The van der Waals surface area contributed by atoms with Crippen LogP contribution in [0.15, 0.2) is 36.4 Å². The van der Waals surface area contributed by atoms with E-state index in [9.17, 15) is 4.79 Å². The number of halogens is 2. The van der Waals surface area contributed by atoms with Crippen LogP contribution in [0.4, 0.5) is 5.69 Å². The molecule has 0 aromatic heterocycles. The van der Waals surface area contributed by atoms with Crippen LogP contribution in [0.5, 0.6) is 11.5 Å². The molecule has 2 aromatic rings. The molecule has 0 unspecified atom stereocenters. The lowest BCUT2D eigenvalue weighted by molar-refractivity contribution is 0.0998. The van der Waals surface area contributed by atoms with Crippen LogP contribution >= 0.6 is 34.2 Å². The second-order valence-electron chi connectivity index (χ2n) is 3.78. The van der Waals surface area contributed by atoms with Crippen LogP contribution in [0.3, 0.4) is 0 Å². The van der Waals surface area contributed by atoms with Gasteiger partial charge < -0.3 is 16.2 Å². The highest BCUT2D eigenvalue weighted by Crippen LogP contribution is 2.36. The van der Waals surface area contributed by atoms with Gasteiger partial charge in [0.25, 0.3) is 5.91 Å². The zero-order valence-corrected chi connectivity index (χ0v) is 12.6. The number of ether oxygens (including phenoxy) is 1. The first-order valence-electron chi connectivity index (χ1n) is 5.30. The third kappa shape index (κ3) is 3.10. The van der Waals surface area contributed by atoms with Gasteiger partial charge in [-0.25, -0.2) is 0 Å². The van der Waals surface area contributed by atoms with Crippen molar-refractivity contribution in [3.05, 3.63) is 50.6 Å². The molecule has 0 saturated carbocycles. The predicted molar refractivity (Wildman–Crippen MR) is 83.6 cm³/mol. The van der Waals surface area contributed by atoms with Crippen molar-refractivity contribution in [3.63, 3.8) is 0 Å². The average Bonchev–Trinajstić information content (AvgIpc) is 2.34. The third-order valence-corrected chi connectivity index (χ3v) is 3.55. The lowest BCUT2D eigenvalue weighted by Crippen LogP contribution is -2.13. The lowest BCUT2D eigenvalue weighted by atomic mass is 10.1. The molecule has 1 amide bonds. The number of carbonyl (C=O) groups excluding carboxylic acids is 1. The van der Waals surface area contributed by atoms with Crippen molar-refractivity contribution in [1.82, 2.24) is 0 Å². The summed E-state index contributed by atoms with van der Waals surface area (Å²) < 4.78 is 6.58. The topological polar surface area (TPSA) is 78.3 Å². The fourth-order valence-electron chi connectivity index (χ4n) is 1.54. The zero-order valence-electron chi connectivity index (χ0n) is 9.69. The standard InChI is InChI=1S/C13H10ClIN2O2/c14-9-6-7(16)5-8(13(17)18)12(9)19-11-4-2-1-3-10(11)15/h1-6H,16H2,(H2,17,18). The molecule has 2 rings (SSSR count). The summed E-state index contributed by atoms with van der Waals surface area (Å²) in [7, 11) is 0. The van der Waals surface area contributed by atoms with Crippen molar-refractivity contribution in [2.75, 3.05) is 5.73 Å². The van der Waals surface area contributed by atoms with E-state index >= 15 is 0 Å². The molecule has 0 heterocycles. The Hall–Kier alpha value is -1.47. The fraction of sp³-hybridized carbons (Fsp3) is 0. The van der Waals surface area contributed by atoms with Gasteiger partial charge in [-0.3, -0.25) is 4.79 Å². The first-order valence-corrected chi connectivity index (χ1v) is 6.76.